The number of carbonyl (C=O) groups excluding carboxylic acids is 3. The minimum atomic E-state index is -4.70. The number of carbonyl (C=O) groups is 3. The first-order chi connectivity index (χ1) is 19.5. The lowest BCUT2D eigenvalue weighted by Crippen LogP contribution is -2.47. The van der Waals surface area contributed by atoms with Crippen molar-refractivity contribution >= 4 is 34.7 Å². The minimum Gasteiger partial charge on any atom is -0.479 e. The summed E-state index contributed by atoms with van der Waals surface area (Å²) in [5.41, 5.74) is 0.460. The molecule has 0 saturated carbocycles. The molecule has 0 spiro atoms. The zero-order chi connectivity index (χ0) is 29.7. The maximum Gasteiger partial charge on any atom is 0.422 e. The van der Waals surface area contributed by atoms with E-state index in [0.717, 1.165) is 0 Å². The van der Waals surface area contributed by atoms with Gasteiger partial charge in [-0.1, -0.05) is 30.3 Å². The zero-order valence-corrected chi connectivity index (χ0v) is 22.3. The summed E-state index contributed by atoms with van der Waals surface area (Å²) in [5, 5.41) is 8.05. The zero-order valence-electron chi connectivity index (χ0n) is 22.3. The Morgan fingerprint density at radius 3 is 2.39 bits per heavy atom. The number of alkyl halides is 3. The highest BCUT2D eigenvalue weighted by atomic mass is 19.4. The van der Waals surface area contributed by atoms with Crippen LogP contribution in [-0.4, -0.2) is 75.6 Å². The first-order valence-corrected chi connectivity index (χ1v) is 12.8. The normalized spacial score (nSPS) is 14.1. The summed E-state index contributed by atoms with van der Waals surface area (Å²) in [4.78, 5) is 58.9. The topological polar surface area (TPSA) is 148 Å². The lowest BCUT2D eigenvalue weighted by Gasteiger charge is -2.32. The Labute approximate surface area is 232 Å². The molecule has 4 rings (SSSR count). The van der Waals surface area contributed by atoms with Gasteiger partial charge in [-0.05, 0) is 31.4 Å². The first-order valence-electron chi connectivity index (χ1n) is 12.8. The lowest BCUT2D eigenvalue weighted by molar-refractivity contribution is -0.153. The van der Waals surface area contributed by atoms with Gasteiger partial charge in [-0.2, -0.15) is 18.1 Å². The average molecular weight is 576 g/mol. The number of piperidine rings is 1. The van der Waals surface area contributed by atoms with Crippen molar-refractivity contribution in [1.82, 2.24) is 24.8 Å². The van der Waals surface area contributed by atoms with Gasteiger partial charge in [0.15, 0.2) is 41.6 Å². The molecule has 2 N–H and O–H groups in total. The van der Waals surface area contributed by atoms with Crippen molar-refractivity contribution in [2.45, 2.75) is 38.4 Å². The van der Waals surface area contributed by atoms with Crippen LogP contribution in [0.5, 0.6) is 5.75 Å². The van der Waals surface area contributed by atoms with E-state index in [2.05, 4.69) is 25.8 Å². The van der Waals surface area contributed by atoms with Gasteiger partial charge in [-0.3, -0.25) is 14.4 Å². The SMILES string of the molecule is CCc1nc2c(nc1NC(=O)c1ccccc1)c(OCC(F)(F)F)c(C(=O)NC1CCN(C(=O)CN=O)CC1)n2C. The number of nitrogens with zero attached hydrogens (tertiary/aromatic N) is 5. The van der Waals surface area contributed by atoms with E-state index < -0.39 is 48.8 Å². The molecule has 1 aliphatic heterocycles. The van der Waals surface area contributed by atoms with Crippen LogP contribution < -0.4 is 15.4 Å². The molecule has 1 aliphatic rings. The third-order valence-electron chi connectivity index (χ3n) is 6.61. The highest BCUT2D eigenvalue weighted by Gasteiger charge is 2.34. The molecule has 0 atom stereocenters. The largest absolute Gasteiger partial charge is 0.479 e. The molecule has 0 radical (unpaired) electrons. The highest BCUT2D eigenvalue weighted by molar-refractivity contribution is 6.05. The summed E-state index contributed by atoms with van der Waals surface area (Å²) in [5.74, 6) is -2.01. The van der Waals surface area contributed by atoms with Crippen LogP contribution in [0.25, 0.3) is 11.2 Å². The van der Waals surface area contributed by atoms with E-state index in [-0.39, 0.29) is 35.8 Å². The molecule has 2 aromatic heterocycles. The first kappa shape index (κ1) is 29.4. The van der Waals surface area contributed by atoms with Crippen molar-refractivity contribution in [3.8, 4) is 5.75 Å². The fourth-order valence-electron chi connectivity index (χ4n) is 4.56. The second kappa shape index (κ2) is 12.3. The number of halogens is 3. The molecule has 3 aromatic rings. The van der Waals surface area contributed by atoms with Gasteiger partial charge < -0.3 is 24.8 Å². The van der Waals surface area contributed by atoms with Crippen LogP contribution in [0.4, 0.5) is 19.0 Å². The van der Waals surface area contributed by atoms with Crippen LogP contribution in [0.3, 0.4) is 0 Å². The second-order valence-corrected chi connectivity index (χ2v) is 9.42. The summed E-state index contributed by atoms with van der Waals surface area (Å²) in [6, 6.07) is 7.90. The maximum absolute atomic E-state index is 13.4. The van der Waals surface area contributed by atoms with E-state index in [1.807, 2.05) is 0 Å². The molecule has 41 heavy (non-hydrogen) atoms. The number of nitrogens with one attached hydrogen (secondary N) is 2. The third-order valence-corrected chi connectivity index (χ3v) is 6.61. The third kappa shape index (κ3) is 6.78. The number of anilines is 1. The molecule has 218 valence electrons. The summed E-state index contributed by atoms with van der Waals surface area (Å²) in [7, 11) is 1.46. The predicted molar refractivity (Wildman–Crippen MR) is 142 cm³/mol. The van der Waals surface area contributed by atoms with E-state index in [1.54, 1.807) is 37.3 Å². The van der Waals surface area contributed by atoms with Gasteiger partial charge in [0.05, 0.1) is 5.69 Å². The number of likely N-dealkylation sites (tertiary alicyclic amines) is 1. The van der Waals surface area contributed by atoms with Crippen molar-refractivity contribution in [3.63, 3.8) is 0 Å². The Morgan fingerprint density at radius 1 is 1.10 bits per heavy atom. The van der Waals surface area contributed by atoms with Crippen LogP contribution in [0.1, 0.15) is 46.3 Å². The van der Waals surface area contributed by atoms with Gasteiger partial charge in [-0.15, -0.1) is 0 Å². The molecule has 1 fully saturated rings. The number of aromatic nitrogens is 3. The Hall–Kier alpha value is -4.56. The van der Waals surface area contributed by atoms with Crippen molar-refractivity contribution < 1.29 is 32.3 Å². The molecule has 0 bridgehead atoms. The van der Waals surface area contributed by atoms with Gasteiger partial charge in [0, 0.05) is 31.7 Å². The maximum atomic E-state index is 13.4. The van der Waals surface area contributed by atoms with Crippen molar-refractivity contribution in [3.05, 3.63) is 52.2 Å². The Morgan fingerprint density at radius 2 is 1.78 bits per heavy atom. The molecule has 3 heterocycles. The standard InChI is InChI=1S/C26H28F3N7O5/c1-3-17-22(34-24(38)15-7-5-4-6-8-15)33-19-21(41-14-26(27,28)29)20(35(2)23(19)32-17)25(39)31-16-9-11-36(12-10-16)18(37)13-30-40/h4-8,16H,3,9-14H2,1-2H3,(H,31,39)(H,33,34,38). The number of hydrogen-bond acceptors (Lipinski definition) is 8. The number of aryl methyl sites for hydroxylation is 2. The number of rotatable bonds is 9. The smallest absolute Gasteiger partial charge is 0.422 e. The van der Waals surface area contributed by atoms with E-state index >= 15 is 0 Å². The fraction of sp³-hybridized carbons (Fsp3) is 0.423. The quantitative estimate of drug-likeness (QED) is 0.372. The van der Waals surface area contributed by atoms with E-state index in [9.17, 15) is 32.5 Å². The van der Waals surface area contributed by atoms with Crippen LogP contribution in [0.2, 0.25) is 0 Å². The van der Waals surface area contributed by atoms with Crippen LogP contribution in [0.15, 0.2) is 35.5 Å². The predicted octanol–water partition coefficient (Wildman–Crippen LogP) is 3.21. The Bertz CT molecular complexity index is 1450. The van der Waals surface area contributed by atoms with E-state index in [4.69, 9.17) is 4.74 Å². The van der Waals surface area contributed by atoms with Gasteiger partial charge in [0.1, 0.15) is 0 Å². The van der Waals surface area contributed by atoms with E-state index in [1.165, 1.54) is 16.5 Å². The average Bonchev–Trinajstić information content (AvgIpc) is 3.22. The van der Waals surface area contributed by atoms with Crippen LogP contribution in [0, 0.1) is 4.91 Å². The molecular weight excluding hydrogens is 547 g/mol. The summed E-state index contributed by atoms with van der Waals surface area (Å²) >= 11 is 0. The van der Waals surface area contributed by atoms with Gasteiger partial charge in [0.25, 0.3) is 11.8 Å². The van der Waals surface area contributed by atoms with Crippen LogP contribution >= 0.6 is 0 Å². The van der Waals surface area contributed by atoms with Crippen molar-refractivity contribution in [1.29, 1.82) is 0 Å². The molecule has 0 aliphatic carbocycles. The molecule has 15 heteroatoms. The number of benzene rings is 1. The number of nitroso groups, excluding NO2 is 1. The highest BCUT2D eigenvalue weighted by Crippen LogP contribution is 2.34. The van der Waals surface area contributed by atoms with E-state index in [0.29, 0.717) is 30.5 Å². The van der Waals surface area contributed by atoms with Gasteiger partial charge in [-0.25, -0.2) is 9.97 Å². The number of fused-ring (bicyclic) bond motifs is 1. The Kier molecular flexibility index (Phi) is 8.83. The second-order valence-electron chi connectivity index (χ2n) is 9.42. The monoisotopic (exact) mass is 575 g/mol. The number of amides is 3. The fourth-order valence-corrected chi connectivity index (χ4v) is 4.56. The molecular formula is C26H28F3N7O5. The van der Waals surface area contributed by atoms with Crippen LogP contribution in [-0.2, 0) is 18.3 Å². The molecule has 1 saturated heterocycles. The molecule has 1 aromatic carbocycles. The van der Waals surface area contributed by atoms with Gasteiger partial charge in [0.2, 0.25) is 5.91 Å². The summed E-state index contributed by atoms with van der Waals surface area (Å²) in [6.07, 6.45) is -3.64. The molecule has 12 nitrogen and oxygen atoms in total. The molecule has 0 unspecified atom stereocenters. The van der Waals surface area contributed by atoms with Gasteiger partial charge >= 0.3 is 6.18 Å². The molecule has 3 amide bonds. The number of ether oxygens (including phenoxy) is 1. The lowest BCUT2D eigenvalue weighted by atomic mass is 10.0. The number of hydrogen-bond donors (Lipinski definition) is 2. The summed E-state index contributed by atoms with van der Waals surface area (Å²) in [6.45, 7) is 0.174. The summed E-state index contributed by atoms with van der Waals surface area (Å²) < 4.78 is 46.0. The van der Waals surface area contributed by atoms with Crippen molar-refractivity contribution in [2.24, 2.45) is 12.2 Å². The van der Waals surface area contributed by atoms with Crippen molar-refractivity contribution in [2.75, 3.05) is 31.6 Å². The Balaban J connectivity index is 1.67. The minimum absolute atomic E-state index is 0.0325.